The van der Waals surface area contributed by atoms with Crippen LogP contribution in [0.1, 0.15) is 32.6 Å². The monoisotopic (exact) mass is 361 g/mol. The minimum absolute atomic E-state index is 0.292. The van der Waals surface area contributed by atoms with Gasteiger partial charge in [-0.2, -0.15) is 0 Å². The number of hydrogen-bond donors (Lipinski definition) is 2. The van der Waals surface area contributed by atoms with Crippen LogP contribution in [-0.4, -0.2) is 11.1 Å². The van der Waals surface area contributed by atoms with E-state index in [9.17, 15) is 4.79 Å². The molecule has 0 aliphatic carbocycles. The van der Waals surface area contributed by atoms with E-state index >= 15 is 0 Å². The van der Waals surface area contributed by atoms with Crippen LogP contribution in [0, 0.1) is 13.8 Å². The summed E-state index contributed by atoms with van der Waals surface area (Å²) in [5, 5.41) is 12.4. The molecule has 0 atom stereocenters. The first-order valence-corrected chi connectivity index (χ1v) is 8.87. The number of para-hydroxylation sites is 1. The standard InChI is InChI=1S/C23H23NO3/c1-16-7-9-18(10-8-16)15-27-22-6-4-3-5-20(22)14-24-21-12-11-19(23(25)26)13-17(21)2/h3-13,24H,14-15H2,1-2H3,(H,25,26). The molecule has 0 bridgehead atoms. The third-order valence-corrected chi connectivity index (χ3v) is 4.43. The van der Waals surface area contributed by atoms with Crippen LogP contribution in [0.3, 0.4) is 0 Å². The highest BCUT2D eigenvalue weighted by atomic mass is 16.5. The third kappa shape index (κ3) is 4.88. The second-order valence-electron chi connectivity index (χ2n) is 6.57. The van der Waals surface area contributed by atoms with Gasteiger partial charge in [0.05, 0.1) is 5.56 Å². The number of ether oxygens (including phenoxy) is 1. The summed E-state index contributed by atoms with van der Waals surface area (Å²) in [5.74, 6) is -0.0788. The molecule has 4 heteroatoms. The van der Waals surface area contributed by atoms with Crippen LogP contribution in [0.2, 0.25) is 0 Å². The highest BCUT2D eigenvalue weighted by Crippen LogP contribution is 2.23. The summed E-state index contributed by atoms with van der Waals surface area (Å²) in [4.78, 5) is 11.1. The lowest BCUT2D eigenvalue weighted by molar-refractivity contribution is 0.0697. The zero-order valence-corrected chi connectivity index (χ0v) is 15.5. The molecule has 0 aliphatic heterocycles. The molecule has 27 heavy (non-hydrogen) atoms. The maximum atomic E-state index is 11.1. The summed E-state index contributed by atoms with van der Waals surface area (Å²) in [6.45, 7) is 5.08. The first kappa shape index (κ1) is 18.5. The van der Waals surface area contributed by atoms with E-state index in [0.29, 0.717) is 18.7 Å². The molecule has 0 radical (unpaired) electrons. The second-order valence-corrected chi connectivity index (χ2v) is 6.57. The fourth-order valence-electron chi connectivity index (χ4n) is 2.82. The smallest absolute Gasteiger partial charge is 0.335 e. The van der Waals surface area contributed by atoms with Gasteiger partial charge in [0.1, 0.15) is 12.4 Å². The maximum absolute atomic E-state index is 11.1. The molecule has 2 N–H and O–H groups in total. The van der Waals surface area contributed by atoms with Gasteiger partial charge in [-0.15, -0.1) is 0 Å². The van der Waals surface area contributed by atoms with E-state index < -0.39 is 5.97 Å². The summed E-state index contributed by atoms with van der Waals surface area (Å²) in [5.41, 5.74) is 5.50. The minimum atomic E-state index is -0.917. The Morgan fingerprint density at radius 3 is 2.44 bits per heavy atom. The molecule has 0 heterocycles. The Kier molecular flexibility index (Phi) is 5.77. The molecule has 0 saturated carbocycles. The highest BCUT2D eigenvalue weighted by molar-refractivity contribution is 5.88. The molecule has 3 aromatic carbocycles. The number of carboxylic acids is 1. The van der Waals surface area contributed by atoms with Crippen LogP contribution < -0.4 is 10.1 Å². The first-order valence-electron chi connectivity index (χ1n) is 8.87. The number of anilines is 1. The lowest BCUT2D eigenvalue weighted by Gasteiger charge is -2.14. The van der Waals surface area contributed by atoms with Crippen molar-refractivity contribution in [1.29, 1.82) is 0 Å². The van der Waals surface area contributed by atoms with Gasteiger partial charge in [0.15, 0.2) is 0 Å². The van der Waals surface area contributed by atoms with Gasteiger partial charge in [0, 0.05) is 17.8 Å². The predicted molar refractivity (Wildman–Crippen MR) is 107 cm³/mol. The van der Waals surface area contributed by atoms with Crippen molar-refractivity contribution in [3.05, 3.63) is 94.5 Å². The summed E-state index contributed by atoms with van der Waals surface area (Å²) >= 11 is 0. The molecule has 0 aliphatic rings. The van der Waals surface area contributed by atoms with Gasteiger partial charge in [0.25, 0.3) is 0 Å². The predicted octanol–water partition coefficient (Wildman–Crippen LogP) is 5.19. The van der Waals surface area contributed by atoms with Crippen LogP contribution >= 0.6 is 0 Å². The number of benzene rings is 3. The Morgan fingerprint density at radius 2 is 1.74 bits per heavy atom. The van der Waals surface area contributed by atoms with E-state index in [-0.39, 0.29) is 0 Å². The SMILES string of the molecule is Cc1ccc(COc2ccccc2CNc2ccc(C(=O)O)cc2C)cc1. The van der Waals surface area contributed by atoms with Crippen LogP contribution in [0.5, 0.6) is 5.75 Å². The Hall–Kier alpha value is -3.27. The summed E-state index contributed by atoms with van der Waals surface area (Å²) < 4.78 is 6.01. The molecular formula is C23H23NO3. The van der Waals surface area contributed by atoms with Crippen molar-refractivity contribution in [2.45, 2.75) is 27.0 Å². The molecule has 0 saturated heterocycles. The van der Waals surface area contributed by atoms with E-state index in [0.717, 1.165) is 28.1 Å². The Morgan fingerprint density at radius 1 is 1.00 bits per heavy atom. The first-order chi connectivity index (χ1) is 13.0. The van der Waals surface area contributed by atoms with Gasteiger partial charge in [-0.05, 0) is 49.2 Å². The number of nitrogens with one attached hydrogen (secondary N) is 1. The molecule has 3 aromatic rings. The van der Waals surface area contributed by atoms with Crippen LogP contribution in [0.4, 0.5) is 5.69 Å². The second kappa shape index (κ2) is 8.41. The van der Waals surface area contributed by atoms with Gasteiger partial charge in [-0.3, -0.25) is 0 Å². The molecule has 4 nitrogen and oxygen atoms in total. The Labute approximate surface area is 159 Å². The number of hydrogen-bond acceptors (Lipinski definition) is 3. The van der Waals surface area contributed by atoms with Gasteiger partial charge in [0.2, 0.25) is 0 Å². The van der Waals surface area contributed by atoms with E-state index in [2.05, 4.69) is 36.5 Å². The molecule has 138 valence electrons. The average Bonchev–Trinajstić information content (AvgIpc) is 2.67. The average molecular weight is 361 g/mol. The van der Waals surface area contributed by atoms with E-state index in [1.807, 2.05) is 31.2 Å². The van der Waals surface area contributed by atoms with E-state index in [1.54, 1.807) is 18.2 Å². The zero-order chi connectivity index (χ0) is 19.2. The maximum Gasteiger partial charge on any atom is 0.335 e. The number of rotatable bonds is 7. The fourth-order valence-corrected chi connectivity index (χ4v) is 2.82. The normalized spacial score (nSPS) is 10.4. The molecule has 0 spiro atoms. The van der Waals surface area contributed by atoms with Crippen LogP contribution in [0.25, 0.3) is 0 Å². The van der Waals surface area contributed by atoms with Crippen molar-refractivity contribution in [3.8, 4) is 5.75 Å². The Bertz CT molecular complexity index is 933. The summed E-state index contributed by atoms with van der Waals surface area (Å²) in [6.07, 6.45) is 0. The summed E-state index contributed by atoms with van der Waals surface area (Å²) in [6, 6.07) is 21.3. The van der Waals surface area contributed by atoms with Gasteiger partial charge in [-0.25, -0.2) is 4.79 Å². The quantitative estimate of drug-likeness (QED) is 0.608. The topological polar surface area (TPSA) is 58.6 Å². The summed E-state index contributed by atoms with van der Waals surface area (Å²) in [7, 11) is 0. The fraction of sp³-hybridized carbons (Fsp3) is 0.174. The van der Waals surface area contributed by atoms with Gasteiger partial charge >= 0.3 is 5.97 Å². The number of aryl methyl sites for hydroxylation is 2. The van der Waals surface area contributed by atoms with Crippen molar-refractivity contribution in [3.63, 3.8) is 0 Å². The zero-order valence-electron chi connectivity index (χ0n) is 15.5. The highest BCUT2D eigenvalue weighted by Gasteiger charge is 2.07. The molecule has 0 unspecified atom stereocenters. The van der Waals surface area contributed by atoms with Crippen LogP contribution in [-0.2, 0) is 13.2 Å². The van der Waals surface area contributed by atoms with Crippen LogP contribution in [0.15, 0.2) is 66.7 Å². The van der Waals surface area contributed by atoms with Gasteiger partial charge < -0.3 is 15.2 Å². The largest absolute Gasteiger partial charge is 0.489 e. The number of aromatic carboxylic acids is 1. The molecule has 0 fully saturated rings. The lowest BCUT2D eigenvalue weighted by atomic mass is 10.1. The minimum Gasteiger partial charge on any atom is -0.489 e. The van der Waals surface area contributed by atoms with E-state index in [1.165, 1.54) is 5.56 Å². The lowest BCUT2D eigenvalue weighted by Crippen LogP contribution is -2.05. The van der Waals surface area contributed by atoms with Crippen molar-refractivity contribution in [1.82, 2.24) is 0 Å². The van der Waals surface area contributed by atoms with Gasteiger partial charge in [-0.1, -0.05) is 48.0 Å². The molecule has 0 amide bonds. The third-order valence-electron chi connectivity index (χ3n) is 4.43. The molecule has 0 aromatic heterocycles. The van der Waals surface area contributed by atoms with E-state index in [4.69, 9.17) is 9.84 Å². The van der Waals surface area contributed by atoms with Crippen molar-refractivity contribution in [2.24, 2.45) is 0 Å². The van der Waals surface area contributed by atoms with Crippen molar-refractivity contribution in [2.75, 3.05) is 5.32 Å². The number of carboxylic acid groups (broad SMARTS) is 1. The van der Waals surface area contributed by atoms with Crippen molar-refractivity contribution < 1.29 is 14.6 Å². The molecular weight excluding hydrogens is 338 g/mol. The van der Waals surface area contributed by atoms with Crippen molar-refractivity contribution >= 4 is 11.7 Å². The number of carbonyl (C=O) groups is 1. The molecule has 3 rings (SSSR count). The Balaban J connectivity index is 1.67.